The monoisotopic (exact) mass is 543 g/mol. The average Bonchev–Trinajstić information content (AvgIpc) is 3.89. The highest BCUT2D eigenvalue weighted by molar-refractivity contribution is 5.94. The van der Waals surface area contributed by atoms with Gasteiger partial charge in [0, 0.05) is 35.9 Å². The molecule has 6 rings (SSSR count). The van der Waals surface area contributed by atoms with Gasteiger partial charge in [0.15, 0.2) is 11.6 Å². The number of nitrogens with one attached hydrogen (secondary N) is 2. The number of anilines is 2. The number of imidazole rings is 1. The van der Waals surface area contributed by atoms with Crippen LogP contribution in [0.25, 0.3) is 5.65 Å². The van der Waals surface area contributed by atoms with Crippen LogP contribution in [0.3, 0.4) is 0 Å². The highest BCUT2D eigenvalue weighted by Crippen LogP contribution is 2.51. The first-order valence-electron chi connectivity index (χ1n) is 12.6. The van der Waals surface area contributed by atoms with Crippen LogP contribution in [-0.4, -0.2) is 43.9 Å². The molecule has 2 aliphatic carbocycles. The number of carboxylic acid groups (broad SMARTS) is 1. The molecular weight excluding hydrogens is 517 g/mol. The number of carbonyl (C=O) groups excluding carboxylic acids is 1. The molecule has 0 bridgehead atoms. The normalized spacial score (nSPS) is 17.2. The fourth-order valence-electron chi connectivity index (χ4n) is 4.72. The molecule has 40 heavy (non-hydrogen) atoms. The van der Waals surface area contributed by atoms with E-state index in [9.17, 15) is 14.4 Å². The summed E-state index contributed by atoms with van der Waals surface area (Å²) in [5.41, 5.74) is 3.54. The van der Waals surface area contributed by atoms with Crippen molar-refractivity contribution in [3.05, 3.63) is 77.3 Å². The molecule has 2 fully saturated rings. The Balaban J connectivity index is 0.00000103. The summed E-state index contributed by atoms with van der Waals surface area (Å²) in [7, 11) is 1.37. The number of ether oxygens (including phenoxy) is 1. The molecule has 2 aliphatic rings. The third-order valence-electron chi connectivity index (χ3n) is 6.92. The van der Waals surface area contributed by atoms with Crippen LogP contribution in [-0.2, 0) is 16.1 Å². The Morgan fingerprint density at radius 1 is 1.25 bits per heavy atom. The molecule has 4 aromatic rings. The summed E-state index contributed by atoms with van der Waals surface area (Å²) in [6.07, 6.45) is 8.45. The van der Waals surface area contributed by atoms with Crippen molar-refractivity contribution in [2.45, 2.75) is 37.6 Å². The first-order valence-corrected chi connectivity index (χ1v) is 12.6. The molecule has 0 radical (unpaired) electrons. The topological polar surface area (TPSA) is 155 Å². The summed E-state index contributed by atoms with van der Waals surface area (Å²) in [6.45, 7) is 0.210. The second-order valence-electron chi connectivity index (χ2n) is 9.57. The number of methoxy groups -OCH3 is 1. The maximum atomic E-state index is 14.8. The number of benzene rings is 1. The van der Waals surface area contributed by atoms with Crippen molar-refractivity contribution < 1.29 is 23.8 Å². The number of pyridine rings is 1. The predicted octanol–water partition coefficient (Wildman–Crippen LogP) is 4.08. The molecule has 2 atom stereocenters. The first-order chi connectivity index (χ1) is 19.4. The fraction of sp³-hybridized carbons (Fsp3) is 0.286. The lowest BCUT2D eigenvalue weighted by molar-refractivity contribution is -0.123. The quantitative estimate of drug-likeness (QED) is 0.279. The zero-order chi connectivity index (χ0) is 28.2. The summed E-state index contributed by atoms with van der Waals surface area (Å²) in [6, 6.07) is 10.8. The molecule has 2 saturated carbocycles. The fourth-order valence-corrected chi connectivity index (χ4v) is 4.72. The van der Waals surface area contributed by atoms with Gasteiger partial charge >= 0.3 is 0 Å². The van der Waals surface area contributed by atoms with Crippen molar-refractivity contribution in [3.8, 4) is 11.8 Å². The molecule has 0 unspecified atom stereocenters. The minimum absolute atomic E-state index is 0.0561. The number of fused-ring (bicyclic) bond motifs is 1. The minimum atomic E-state index is -0.592. The maximum Gasteiger partial charge on any atom is 0.290 e. The molecule has 3 heterocycles. The van der Waals surface area contributed by atoms with Crippen LogP contribution >= 0.6 is 0 Å². The van der Waals surface area contributed by atoms with Crippen molar-refractivity contribution in [1.29, 1.82) is 5.26 Å². The molecular formula is C28H26FN7O4. The Bertz CT molecular complexity index is 1610. The number of nitriles is 1. The summed E-state index contributed by atoms with van der Waals surface area (Å²) < 4.78 is 21.9. The second-order valence-corrected chi connectivity index (χ2v) is 9.57. The number of rotatable bonds is 8. The number of carbonyl (C=O) groups is 2. The number of nitrogens with zero attached hydrogens (tertiary/aromatic N) is 5. The van der Waals surface area contributed by atoms with Gasteiger partial charge in [-0.1, -0.05) is 6.07 Å². The number of amides is 1. The van der Waals surface area contributed by atoms with E-state index in [-0.39, 0.29) is 35.2 Å². The average molecular weight is 544 g/mol. The summed E-state index contributed by atoms with van der Waals surface area (Å²) in [5.74, 6) is -0.114. The van der Waals surface area contributed by atoms with Gasteiger partial charge in [-0.15, -0.1) is 0 Å². The molecule has 1 aromatic carbocycles. The number of aromatic nitrogens is 4. The zero-order valence-electron chi connectivity index (χ0n) is 21.5. The molecule has 3 N–H and O–H groups in total. The molecule has 1 amide bonds. The summed E-state index contributed by atoms with van der Waals surface area (Å²) in [4.78, 5) is 34.2. The molecule has 3 aromatic heterocycles. The standard InChI is InChI=1S/C27H24FN7O2.CH2O2/c1-37-21-6-4-16(10-29)25(26(21)28)19-8-20(19)27(36)34-23-9-22(31-14-32-23)30-11-18-13-35-12-17(15-2-3-15)5-7-24(35)33-18;2-1-3/h4-7,9,12-15,19-20H,2-3,8,11H2,1H3,(H2,30,31,32,34,36);1H,(H,2,3)/t19-,20-;/m0./s1. The van der Waals surface area contributed by atoms with Gasteiger partial charge in [0.05, 0.1) is 31.0 Å². The minimum Gasteiger partial charge on any atom is -0.494 e. The van der Waals surface area contributed by atoms with Gasteiger partial charge in [0.1, 0.15) is 23.6 Å². The maximum absolute atomic E-state index is 14.8. The van der Waals surface area contributed by atoms with Crippen molar-refractivity contribution in [3.63, 3.8) is 0 Å². The number of halogens is 1. The van der Waals surface area contributed by atoms with E-state index in [1.165, 1.54) is 44.0 Å². The number of hydrogen-bond donors (Lipinski definition) is 3. The van der Waals surface area contributed by atoms with E-state index in [1.807, 2.05) is 22.7 Å². The third kappa shape index (κ3) is 5.68. The van der Waals surface area contributed by atoms with Crippen molar-refractivity contribution >= 4 is 29.7 Å². The smallest absolute Gasteiger partial charge is 0.290 e. The van der Waals surface area contributed by atoms with Crippen LogP contribution in [0.15, 0.2) is 49.1 Å². The van der Waals surface area contributed by atoms with Gasteiger partial charge in [-0.05, 0) is 48.9 Å². The Morgan fingerprint density at radius 2 is 2.02 bits per heavy atom. The van der Waals surface area contributed by atoms with E-state index in [1.54, 1.807) is 6.07 Å². The lowest BCUT2D eigenvalue weighted by atomic mass is 10.0. The first kappa shape index (κ1) is 26.6. The SMILES string of the molecule is COc1ccc(C#N)c([C@H]2C[C@@H]2C(=O)Nc2cc(NCc3cn4cc(C5CC5)ccc4n3)ncn2)c1F.O=CO. The van der Waals surface area contributed by atoms with Crippen molar-refractivity contribution in [2.75, 3.05) is 17.7 Å². The molecule has 11 nitrogen and oxygen atoms in total. The summed E-state index contributed by atoms with van der Waals surface area (Å²) >= 11 is 0. The molecule has 0 saturated heterocycles. The van der Waals surface area contributed by atoms with E-state index in [0.29, 0.717) is 30.5 Å². The Labute approximate surface area is 228 Å². The van der Waals surface area contributed by atoms with E-state index >= 15 is 0 Å². The van der Waals surface area contributed by atoms with Crippen LogP contribution in [0.1, 0.15) is 53.5 Å². The van der Waals surface area contributed by atoms with Gasteiger partial charge < -0.3 is 24.9 Å². The van der Waals surface area contributed by atoms with E-state index in [0.717, 1.165) is 11.3 Å². The van der Waals surface area contributed by atoms with Crippen LogP contribution in [0.2, 0.25) is 0 Å². The van der Waals surface area contributed by atoms with Gasteiger partial charge in [0.2, 0.25) is 5.91 Å². The van der Waals surface area contributed by atoms with Crippen LogP contribution in [0.5, 0.6) is 5.75 Å². The zero-order valence-corrected chi connectivity index (χ0v) is 21.5. The predicted molar refractivity (Wildman–Crippen MR) is 142 cm³/mol. The molecule has 12 heteroatoms. The molecule has 204 valence electrons. The highest BCUT2D eigenvalue weighted by atomic mass is 19.1. The number of hydrogen-bond acceptors (Lipinski definition) is 8. The van der Waals surface area contributed by atoms with Crippen LogP contribution < -0.4 is 15.4 Å². The van der Waals surface area contributed by atoms with Crippen LogP contribution in [0.4, 0.5) is 16.0 Å². The largest absolute Gasteiger partial charge is 0.494 e. The van der Waals surface area contributed by atoms with Gasteiger partial charge in [0.25, 0.3) is 6.47 Å². The Kier molecular flexibility index (Phi) is 7.54. The second kappa shape index (κ2) is 11.4. The van der Waals surface area contributed by atoms with Crippen LogP contribution in [0, 0.1) is 23.1 Å². The highest BCUT2D eigenvalue weighted by Gasteiger charge is 2.47. The lowest BCUT2D eigenvalue weighted by Crippen LogP contribution is -2.16. The van der Waals surface area contributed by atoms with E-state index in [4.69, 9.17) is 14.6 Å². The summed E-state index contributed by atoms with van der Waals surface area (Å²) in [5, 5.41) is 22.3. The van der Waals surface area contributed by atoms with Crippen molar-refractivity contribution in [1.82, 2.24) is 19.4 Å². The van der Waals surface area contributed by atoms with E-state index < -0.39 is 11.7 Å². The molecule has 0 spiro atoms. The lowest BCUT2D eigenvalue weighted by Gasteiger charge is -2.10. The van der Waals surface area contributed by atoms with Gasteiger partial charge in [-0.3, -0.25) is 9.59 Å². The van der Waals surface area contributed by atoms with E-state index in [2.05, 4.69) is 37.8 Å². The van der Waals surface area contributed by atoms with Gasteiger partial charge in [-0.25, -0.2) is 19.3 Å². The third-order valence-corrected chi connectivity index (χ3v) is 6.92. The Morgan fingerprint density at radius 3 is 2.75 bits per heavy atom. The molecule has 0 aliphatic heterocycles. The van der Waals surface area contributed by atoms with Crippen molar-refractivity contribution in [2.24, 2.45) is 5.92 Å². The Hall–Kier alpha value is -5.05. The van der Waals surface area contributed by atoms with Gasteiger partial charge in [-0.2, -0.15) is 5.26 Å².